The maximum Gasteiger partial charge on any atom is 0.251 e. The summed E-state index contributed by atoms with van der Waals surface area (Å²) in [5.74, 6) is -0.0994. The zero-order chi connectivity index (χ0) is 15.1. The topological polar surface area (TPSA) is 54.0 Å². The highest BCUT2D eigenvalue weighted by atomic mass is 79.9. The van der Waals surface area contributed by atoms with Crippen LogP contribution in [0.2, 0.25) is 0 Å². The van der Waals surface area contributed by atoms with Crippen LogP contribution in [0.4, 0.5) is 5.69 Å². The van der Waals surface area contributed by atoms with Crippen LogP contribution >= 0.6 is 15.9 Å². The summed E-state index contributed by atoms with van der Waals surface area (Å²) < 4.78 is 0.955. The van der Waals surface area contributed by atoms with E-state index < -0.39 is 0 Å². The fourth-order valence-corrected chi connectivity index (χ4v) is 2.18. The molecule has 1 aromatic heterocycles. The van der Waals surface area contributed by atoms with E-state index in [1.165, 1.54) is 0 Å². The Labute approximate surface area is 132 Å². The van der Waals surface area contributed by atoms with Gasteiger partial charge in [-0.1, -0.05) is 6.08 Å². The predicted molar refractivity (Wildman–Crippen MR) is 88.2 cm³/mol. The van der Waals surface area contributed by atoms with Gasteiger partial charge in [0.25, 0.3) is 5.91 Å². The molecule has 4 nitrogen and oxygen atoms in total. The quantitative estimate of drug-likeness (QED) is 0.789. The van der Waals surface area contributed by atoms with Crippen molar-refractivity contribution >= 4 is 27.5 Å². The molecule has 0 radical (unpaired) electrons. The molecule has 0 atom stereocenters. The summed E-state index contributed by atoms with van der Waals surface area (Å²) in [4.78, 5) is 15.9. The van der Waals surface area contributed by atoms with Crippen molar-refractivity contribution in [1.29, 1.82) is 0 Å². The molecule has 1 aromatic carbocycles. The van der Waals surface area contributed by atoms with E-state index in [9.17, 15) is 4.79 Å². The molecule has 0 saturated heterocycles. The van der Waals surface area contributed by atoms with Crippen molar-refractivity contribution < 1.29 is 4.79 Å². The Morgan fingerprint density at radius 1 is 1.29 bits per heavy atom. The number of hydrogen-bond donors (Lipinski definition) is 2. The summed E-state index contributed by atoms with van der Waals surface area (Å²) in [6.45, 7) is 4.71. The van der Waals surface area contributed by atoms with E-state index in [-0.39, 0.29) is 5.91 Å². The first kappa shape index (κ1) is 15.3. The molecular weight excluding hydrogens is 330 g/mol. The molecule has 0 fully saturated rings. The molecule has 0 bridgehead atoms. The van der Waals surface area contributed by atoms with Crippen molar-refractivity contribution in [3.8, 4) is 0 Å². The lowest BCUT2D eigenvalue weighted by atomic mass is 10.2. The van der Waals surface area contributed by atoms with Gasteiger partial charge in [0, 0.05) is 41.2 Å². The molecule has 0 saturated carbocycles. The summed E-state index contributed by atoms with van der Waals surface area (Å²) in [5.41, 5.74) is 2.67. The molecule has 0 spiro atoms. The molecule has 0 aliphatic rings. The normalized spacial score (nSPS) is 9.95. The van der Waals surface area contributed by atoms with E-state index >= 15 is 0 Å². The fourth-order valence-electron chi connectivity index (χ4n) is 1.76. The van der Waals surface area contributed by atoms with Crippen LogP contribution in [-0.2, 0) is 6.54 Å². The molecule has 0 aliphatic carbocycles. The smallest absolute Gasteiger partial charge is 0.251 e. The van der Waals surface area contributed by atoms with Gasteiger partial charge in [-0.25, -0.2) is 0 Å². The fraction of sp³-hybridized carbons (Fsp3) is 0.125. The average molecular weight is 346 g/mol. The van der Waals surface area contributed by atoms with Gasteiger partial charge >= 0.3 is 0 Å². The number of carbonyl (C=O) groups is 1. The number of aromatic nitrogens is 1. The van der Waals surface area contributed by atoms with Gasteiger partial charge in [0.1, 0.15) is 0 Å². The van der Waals surface area contributed by atoms with E-state index in [0.717, 1.165) is 15.7 Å². The SMILES string of the molecule is C=CCNC(=O)c1ccc(NCc2cncc(Br)c2)cc1. The van der Waals surface area contributed by atoms with E-state index in [1.54, 1.807) is 24.4 Å². The van der Waals surface area contributed by atoms with Crippen LogP contribution in [0.1, 0.15) is 15.9 Å². The lowest BCUT2D eigenvalue weighted by Gasteiger charge is -2.08. The zero-order valence-electron chi connectivity index (χ0n) is 11.5. The highest BCUT2D eigenvalue weighted by molar-refractivity contribution is 9.10. The maximum atomic E-state index is 11.7. The summed E-state index contributed by atoms with van der Waals surface area (Å²) in [6.07, 6.45) is 5.22. The summed E-state index contributed by atoms with van der Waals surface area (Å²) >= 11 is 3.39. The predicted octanol–water partition coefficient (Wildman–Crippen LogP) is 3.37. The maximum absolute atomic E-state index is 11.7. The average Bonchev–Trinajstić information content (AvgIpc) is 2.51. The van der Waals surface area contributed by atoms with Crippen molar-refractivity contribution in [2.24, 2.45) is 0 Å². The number of nitrogens with one attached hydrogen (secondary N) is 2. The molecule has 1 amide bonds. The third-order valence-electron chi connectivity index (χ3n) is 2.81. The van der Waals surface area contributed by atoms with Crippen LogP contribution < -0.4 is 10.6 Å². The standard InChI is InChI=1S/C16H16BrN3O/c1-2-7-19-16(21)13-3-5-15(6-4-13)20-10-12-8-14(17)11-18-9-12/h2-6,8-9,11,20H,1,7,10H2,(H,19,21). The highest BCUT2D eigenvalue weighted by Gasteiger charge is 2.03. The monoisotopic (exact) mass is 345 g/mol. The zero-order valence-corrected chi connectivity index (χ0v) is 13.1. The molecule has 108 valence electrons. The van der Waals surface area contributed by atoms with Crippen LogP contribution in [0.3, 0.4) is 0 Å². The first-order chi connectivity index (χ1) is 10.2. The van der Waals surface area contributed by atoms with Gasteiger partial charge in [0.2, 0.25) is 0 Å². The van der Waals surface area contributed by atoms with E-state index in [4.69, 9.17) is 0 Å². The minimum absolute atomic E-state index is 0.0994. The van der Waals surface area contributed by atoms with Gasteiger partial charge in [-0.3, -0.25) is 9.78 Å². The number of benzene rings is 1. The first-order valence-electron chi connectivity index (χ1n) is 6.51. The van der Waals surface area contributed by atoms with Crippen LogP contribution in [0.5, 0.6) is 0 Å². The van der Waals surface area contributed by atoms with Gasteiger partial charge in [-0.05, 0) is 51.8 Å². The van der Waals surface area contributed by atoms with E-state index in [1.807, 2.05) is 24.4 Å². The number of halogens is 1. The van der Waals surface area contributed by atoms with Gasteiger partial charge in [-0.2, -0.15) is 0 Å². The molecule has 5 heteroatoms. The number of nitrogens with zero attached hydrogens (tertiary/aromatic N) is 1. The van der Waals surface area contributed by atoms with Gasteiger partial charge in [0.05, 0.1) is 0 Å². The van der Waals surface area contributed by atoms with Crippen molar-refractivity contribution in [2.45, 2.75) is 6.54 Å². The Morgan fingerprint density at radius 2 is 2.05 bits per heavy atom. The lowest BCUT2D eigenvalue weighted by Crippen LogP contribution is -2.23. The number of rotatable bonds is 6. The second kappa shape index (κ2) is 7.59. The van der Waals surface area contributed by atoms with Crippen LogP contribution in [0, 0.1) is 0 Å². The first-order valence-corrected chi connectivity index (χ1v) is 7.31. The lowest BCUT2D eigenvalue weighted by molar-refractivity contribution is 0.0958. The van der Waals surface area contributed by atoms with Crippen molar-refractivity contribution in [2.75, 3.05) is 11.9 Å². The molecular formula is C16H16BrN3O. The highest BCUT2D eigenvalue weighted by Crippen LogP contribution is 2.13. The summed E-state index contributed by atoms with van der Waals surface area (Å²) in [5, 5.41) is 6.03. The Bertz CT molecular complexity index is 626. The third-order valence-corrected chi connectivity index (χ3v) is 3.25. The van der Waals surface area contributed by atoms with Crippen LogP contribution in [0.25, 0.3) is 0 Å². The molecule has 0 aliphatic heterocycles. The number of carbonyl (C=O) groups excluding carboxylic acids is 1. The third kappa shape index (κ3) is 4.72. The second-order valence-electron chi connectivity index (χ2n) is 4.44. The van der Waals surface area contributed by atoms with Crippen LogP contribution in [-0.4, -0.2) is 17.4 Å². The van der Waals surface area contributed by atoms with Crippen molar-refractivity contribution in [1.82, 2.24) is 10.3 Å². The van der Waals surface area contributed by atoms with E-state index in [0.29, 0.717) is 18.7 Å². The molecule has 1 heterocycles. The van der Waals surface area contributed by atoms with E-state index in [2.05, 4.69) is 38.1 Å². The Balaban J connectivity index is 1.93. The Morgan fingerprint density at radius 3 is 2.71 bits per heavy atom. The largest absolute Gasteiger partial charge is 0.381 e. The molecule has 2 N–H and O–H groups in total. The van der Waals surface area contributed by atoms with Gasteiger partial charge in [-0.15, -0.1) is 6.58 Å². The Kier molecular flexibility index (Phi) is 5.51. The summed E-state index contributed by atoms with van der Waals surface area (Å²) in [6, 6.07) is 9.36. The second-order valence-corrected chi connectivity index (χ2v) is 5.36. The molecule has 2 rings (SSSR count). The number of amides is 1. The Hall–Kier alpha value is -2.14. The summed E-state index contributed by atoms with van der Waals surface area (Å²) in [7, 11) is 0. The van der Waals surface area contributed by atoms with Crippen LogP contribution in [0.15, 0.2) is 59.9 Å². The number of hydrogen-bond acceptors (Lipinski definition) is 3. The van der Waals surface area contributed by atoms with Crippen molar-refractivity contribution in [3.63, 3.8) is 0 Å². The number of pyridine rings is 1. The minimum Gasteiger partial charge on any atom is -0.381 e. The van der Waals surface area contributed by atoms with Crippen molar-refractivity contribution in [3.05, 3.63) is 71.0 Å². The molecule has 2 aromatic rings. The number of anilines is 1. The molecule has 21 heavy (non-hydrogen) atoms. The van der Waals surface area contributed by atoms with Gasteiger partial charge in [0.15, 0.2) is 0 Å². The minimum atomic E-state index is -0.0994. The molecule has 0 unspecified atom stereocenters. The van der Waals surface area contributed by atoms with Gasteiger partial charge < -0.3 is 10.6 Å².